The maximum absolute atomic E-state index is 11.9. The first kappa shape index (κ1) is 17.8. The number of carboxylic acids is 1. The molecule has 122 valence electrons. The zero-order valence-electron chi connectivity index (χ0n) is 13.5. The van der Waals surface area contributed by atoms with Gasteiger partial charge in [-0.15, -0.1) is 0 Å². The number of amides is 2. The Bertz CT molecular complexity index is 346. The average Bonchev–Trinajstić information content (AvgIpc) is 2.77. The summed E-state index contributed by atoms with van der Waals surface area (Å²) in [7, 11) is 0. The molecule has 1 rings (SSSR count). The molecule has 1 saturated carbocycles. The van der Waals surface area contributed by atoms with Gasteiger partial charge in [0.05, 0.1) is 0 Å². The Labute approximate surface area is 127 Å². The molecule has 5 nitrogen and oxygen atoms in total. The van der Waals surface area contributed by atoms with Crippen LogP contribution in [0.2, 0.25) is 0 Å². The Morgan fingerprint density at radius 1 is 1.29 bits per heavy atom. The molecule has 0 aromatic carbocycles. The highest BCUT2D eigenvalue weighted by Gasteiger charge is 2.32. The first-order valence-electron chi connectivity index (χ1n) is 8.20. The summed E-state index contributed by atoms with van der Waals surface area (Å²) >= 11 is 0. The number of urea groups is 1. The lowest BCUT2D eigenvalue weighted by Crippen LogP contribution is -2.44. The van der Waals surface area contributed by atoms with E-state index in [0.29, 0.717) is 30.8 Å². The van der Waals surface area contributed by atoms with Gasteiger partial charge in [-0.1, -0.05) is 27.2 Å². The summed E-state index contributed by atoms with van der Waals surface area (Å²) in [6.45, 7) is 7.06. The van der Waals surface area contributed by atoms with E-state index in [9.17, 15) is 9.59 Å². The maximum Gasteiger partial charge on any atom is 0.315 e. The number of carbonyl (C=O) groups is 2. The van der Waals surface area contributed by atoms with E-state index in [1.165, 1.54) is 12.8 Å². The minimum atomic E-state index is -0.756. The second kappa shape index (κ2) is 8.90. The Hall–Kier alpha value is -1.26. The van der Waals surface area contributed by atoms with Gasteiger partial charge in [-0.25, -0.2) is 4.79 Å². The van der Waals surface area contributed by atoms with Crippen LogP contribution in [0.15, 0.2) is 0 Å². The smallest absolute Gasteiger partial charge is 0.315 e. The number of carboxylic acid groups (broad SMARTS) is 1. The van der Waals surface area contributed by atoms with Crippen LogP contribution in [0.1, 0.15) is 59.3 Å². The topological polar surface area (TPSA) is 78.4 Å². The molecule has 0 spiro atoms. The van der Waals surface area contributed by atoms with Crippen molar-refractivity contribution in [2.24, 2.45) is 17.8 Å². The molecule has 0 radical (unpaired) electrons. The molecular weight excluding hydrogens is 268 g/mol. The molecule has 0 heterocycles. The van der Waals surface area contributed by atoms with Crippen LogP contribution in [0.4, 0.5) is 4.79 Å². The van der Waals surface area contributed by atoms with Gasteiger partial charge in [0.2, 0.25) is 0 Å². The molecule has 1 fully saturated rings. The van der Waals surface area contributed by atoms with E-state index in [2.05, 4.69) is 24.5 Å². The SMILES string of the molecule is CCC1CCC(NC(=O)NCCC(C)CCC(=O)O)C1C. The van der Waals surface area contributed by atoms with Crippen molar-refractivity contribution in [1.82, 2.24) is 10.6 Å². The summed E-state index contributed by atoms with van der Waals surface area (Å²) in [4.78, 5) is 22.4. The molecule has 4 atom stereocenters. The van der Waals surface area contributed by atoms with Crippen LogP contribution in [-0.4, -0.2) is 29.7 Å². The van der Waals surface area contributed by atoms with E-state index in [0.717, 1.165) is 18.8 Å². The normalized spacial score (nSPS) is 26.3. The monoisotopic (exact) mass is 298 g/mol. The van der Waals surface area contributed by atoms with Gasteiger partial charge in [-0.2, -0.15) is 0 Å². The second-order valence-electron chi connectivity index (χ2n) is 6.44. The van der Waals surface area contributed by atoms with Crippen molar-refractivity contribution in [3.05, 3.63) is 0 Å². The standard InChI is InChI=1S/C16H30N2O3/c1-4-13-6-7-14(12(13)3)18-16(21)17-10-9-11(2)5-8-15(19)20/h11-14H,4-10H2,1-3H3,(H,19,20)(H2,17,18,21). The number of carbonyl (C=O) groups excluding carboxylic acids is 1. The van der Waals surface area contributed by atoms with Crippen LogP contribution in [0.5, 0.6) is 0 Å². The Balaban J connectivity index is 2.15. The lowest BCUT2D eigenvalue weighted by Gasteiger charge is -2.21. The molecule has 21 heavy (non-hydrogen) atoms. The molecule has 2 amide bonds. The van der Waals surface area contributed by atoms with Gasteiger partial charge < -0.3 is 15.7 Å². The molecule has 4 unspecified atom stereocenters. The van der Waals surface area contributed by atoms with E-state index < -0.39 is 5.97 Å². The van der Waals surface area contributed by atoms with E-state index in [-0.39, 0.29) is 12.5 Å². The highest BCUT2D eigenvalue weighted by atomic mass is 16.4. The van der Waals surface area contributed by atoms with Crippen LogP contribution in [0.25, 0.3) is 0 Å². The number of hydrogen-bond donors (Lipinski definition) is 3. The Morgan fingerprint density at radius 3 is 2.57 bits per heavy atom. The molecule has 1 aliphatic rings. The highest BCUT2D eigenvalue weighted by Crippen LogP contribution is 2.33. The van der Waals surface area contributed by atoms with Crippen molar-refractivity contribution in [1.29, 1.82) is 0 Å². The van der Waals surface area contributed by atoms with Gasteiger partial charge in [0.1, 0.15) is 0 Å². The summed E-state index contributed by atoms with van der Waals surface area (Å²) in [5, 5.41) is 14.6. The van der Waals surface area contributed by atoms with Crippen molar-refractivity contribution in [3.8, 4) is 0 Å². The van der Waals surface area contributed by atoms with Crippen LogP contribution in [0.3, 0.4) is 0 Å². The van der Waals surface area contributed by atoms with Crippen LogP contribution in [-0.2, 0) is 4.79 Å². The number of nitrogens with one attached hydrogen (secondary N) is 2. The Morgan fingerprint density at radius 2 is 2.00 bits per heavy atom. The van der Waals surface area contributed by atoms with E-state index >= 15 is 0 Å². The average molecular weight is 298 g/mol. The first-order chi connectivity index (χ1) is 9.93. The van der Waals surface area contributed by atoms with E-state index in [4.69, 9.17) is 5.11 Å². The summed E-state index contributed by atoms with van der Waals surface area (Å²) in [6.07, 6.45) is 5.14. The van der Waals surface area contributed by atoms with Gasteiger partial charge >= 0.3 is 12.0 Å². The van der Waals surface area contributed by atoms with E-state index in [1.807, 2.05) is 6.92 Å². The van der Waals surface area contributed by atoms with Crippen molar-refractivity contribution >= 4 is 12.0 Å². The first-order valence-corrected chi connectivity index (χ1v) is 8.20. The van der Waals surface area contributed by atoms with Gasteiger partial charge in [0.25, 0.3) is 0 Å². The van der Waals surface area contributed by atoms with Crippen LogP contribution in [0, 0.1) is 17.8 Å². The lowest BCUT2D eigenvalue weighted by atomic mass is 9.93. The second-order valence-corrected chi connectivity index (χ2v) is 6.44. The molecule has 0 aromatic rings. The Kier molecular flexibility index (Phi) is 7.54. The highest BCUT2D eigenvalue weighted by molar-refractivity contribution is 5.74. The van der Waals surface area contributed by atoms with Gasteiger partial charge in [-0.3, -0.25) is 4.79 Å². The van der Waals surface area contributed by atoms with Gasteiger partial charge in [0, 0.05) is 19.0 Å². The zero-order valence-corrected chi connectivity index (χ0v) is 13.5. The zero-order chi connectivity index (χ0) is 15.8. The van der Waals surface area contributed by atoms with Crippen molar-refractivity contribution in [2.45, 2.75) is 65.3 Å². The quantitative estimate of drug-likeness (QED) is 0.644. The summed E-state index contributed by atoms with van der Waals surface area (Å²) in [5.74, 6) is 0.839. The van der Waals surface area contributed by atoms with Crippen LogP contribution < -0.4 is 10.6 Å². The fraction of sp³-hybridized carbons (Fsp3) is 0.875. The molecule has 0 aromatic heterocycles. The molecule has 1 aliphatic carbocycles. The molecule has 0 bridgehead atoms. The fourth-order valence-electron chi connectivity index (χ4n) is 3.19. The molecule has 5 heteroatoms. The van der Waals surface area contributed by atoms with Crippen molar-refractivity contribution < 1.29 is 14.7 Å². The lowest BCUT2D eigenvalue weighted by molar-refractivity contribution is -0.137. The molecule has 0 saturated heterocycles. The maximum atomic E-state index is 11.9. The summed E-state index contributed by atoms with van der Waals surface area (Å²) < 4.78 is 0. The third-order valence-corrected chi connectivity index (χ3v) is 4.84. The predicted octanol–water partition coefficient (Wildman–Crippen LogP) is 3.00. The van der Waals surface area contributed by atoms with Gasteiger partial charge in [0.15, 0.2) is 0 Å². The van der Waals surface area contributed by atoms with Gasteiger partial charge in [-0.05, 0) is 43.4 Å². The fourth-order valence-corrected chi connectivity index (χ4v) is 3.19. The summed E-state index contributed by atoms with van der Waals surface area (Å²) in [6, 6.07) is 0.202. The largest absolute Gasteiger partial charge is 0.481 e. The minimum Gasteiger partial charge on any atom is -0.481 e. The number of hydrogen-bond acceptors (Lipinski definition) is 2. The van der Waals surface area contributed by atoms with Crippen LogP contribution >= 0.6 is 0 Å². The van der Waals surface area contributed by atoms with Crippen molar-refractivity contribution in [3.63, 3.8) is 0 Å². The van der Waals surface area contributed by atoms with Crippen molar-refractivity contribution in [2.75, 3.05) is 6.54 Å². The molecule has 3 N–H and O–H groups in total. The summed E-state index contributed by atoms with van der Waals surface area (Å²) in [5.41, 5.74) is 0. The molecule has 0 aliphatic heterocycles. The molecular formula is C16H30N2O3. The third kappa shape index (κ3) is 6.36. The number of aliphatic carboxylic acids is 1. The minimum absolute atomic E-state index is 0.0889. The third-order valence-electron chi connectivity index (χ3n) is 4.84. The number of rotatable bonds is 8. The predicted molar refractivity (Wildman–Crippen MR) is 83.2 cm³/mol. The van der Waals surface area contributed by atoms with E-state index in [1.54, 1.807) is 0 Å².